The molecule has 0 spiro atoms. The predicted octanol–water partition coefficient (Wildman–Crippen LogP) is 3.27. The van der Waals surface area contributed by atoms with E-state index < -0.39 is 10.0 Å². The first-order chi connectivity index (χ1) is 14.4. The summed E-state index contributed by atoms with van der Waals surface area (Å²) in [5.41, 5.74) is 0.780. The third kappa shape index (κ3) is 5.70. The lowest BCUT2D eigenvalue weighted by atomic mass is 9.99. The number of carbonyl (C=O) groups is 1. The molecule has 1 atom stereocenters. The van der Waals surface area contributed by atoms with Crippen molar-refractivity contribution < 1.29 is 17.9 Å². The second kappa shape index (κ2) is 9.91. The molecule has 0 bridgehead atoms. The highest BCUT2D eigenvalue weighted by Crippen LogP contribution is 2.20. The van der Waals surface area contributed by atoms with Crippen LogP contribution in [0.15, 0.2) is 65.6 Å². The van der Waals surface area contributed by atoms with E-state index in [4.69, 9.17) is 4.74 Å². The van der Waals surface area contributed by atoms with Gasteiger partial charge in [-0.1, -0.05) is 30.3 Å². The van der Waals surface area contributed by atoms with Gasteiger partial charge < -0.3 is 9.64 Å². The highest BCUT2D eigenvalue weighted by Gasteiger charge is 2.23. The SMILES string of the molecule is CN(C)S(=O)(=O)c1ccc(/C=C/C(=O)N2CCCC(COc3ccccc3)C2)cc1. The molecule has 30 heavy (non-hydrogen) atoms. The van der Waals surface area contributed by atoms with E-state index >= 15 is 0 Å². The summed E-state index contributed by atoms with van der Waals surface area (Å²) in [5.74, 6) is 1.12. The Labute approximate surface area is 178 Å². The molecule has 0 aliphatic carbocycles. The average Bonchev–Trinajstić information content (AvgIpc) is 2.77. The van der Waals surface area contributed by atoms with Crippen LogP contribution in [0, 0.1) is 5.92 Å². The zero-order valence-corrected chi connectivity index (χ0v) is 18.2. The van der Waals surface area contributed by atoms with Gasteiger partial charge in [-0.25, -0.2) is 12.7 Å². The molecule has 0 aromatic heterocycles. The molecule has 1 aliphatic heterocycles. The number of likely N-dealkylation sites (tertiary alicyclic amines) is 1. The summed E-state index contributed by atoms with van der Waals surface area (Å²) < 4.78 is 31.3. The second-order valence-corrected chi connectivity index (χ2v) is 9.76. The van der Waals surface area contributed by atoms with Crippen molar-refractivity contribution in [3.05, 3.63) is 66.2 Å². The molecule has 0 N–H and O–H groups in total. The Hall–Kier alpha value is -2.64. The highest BCUT2D eigenvalue weighted by atomic mass is 32.2. The van der Waals surface area contributed by atoms with Crippen LogP contribution in [-0.2, 0) is 14.8 Å². The fourth-order valence-corrected chi connectivity index (χ4v) is 4.27. The standard InChI is InChI=1S/C23H28N2O4S/c1-24(2)30(27,28)22-13-10-19(11-14-22)12-15-23(26)25-16-6-7-20(17-25)18-29-21-8-4-3-5-9-21/h3-5,8-15,20H,6-7,16-18H2,1-2H3/b15-12+. The van der Waals surface area contributed by atoms with Crippen LogP contribution in [-0.4, -0.2) is 57.3 Å². The van der Waals surface area contributed by atoms with Crippen molar-refractivity contribution in [3.8, 4) is 5.75 Å². The van der Waals surface area contributed by atoms with Gasteiger partial charge in [-0.05, 0) is 48.7 Å². The molecule has 1 saturated heterocycles. The Morgan fingerprint density at radius 2 is 1.83 bits per heavy atom. The molecular formula is C23H28N2O4S. The predicted molar refractivity (Wildman–Crippen MR) is 118 cm³/mol. The summed E-state index contributed by atoms with van der Waals surface area (Å²) in [5, 5.41) is 0. The fraction of sp³-hybridized carbons (Fsp3) is 0.348. The average molecular weight is 429 g/mol. The highest BCUT2D eigenvalue weighted by molar-refractivity contribution is 7.89. The normalized spacial score (nSPS) is 17.4. The van der Waals surface area contributed by atoms with Gasteiger partial charge in [0, 0.05) is 39.2 Å². The van der Waals surface area contributed by atoms with Crippen LogP contribution < -0.4 is 4.74 Å². The zero-order valence-electron chi connectivity index (χ0n) is 17.4. The Kier molecular flexibility index (Phi) is 7.29. The van der Waals surface area contributed by atoms with Crippen LogP contribution in [0.5, 0.6) is 5.75 Å². The maximum absolute atomic E-state index is 12.6. The fourth-order valence-electron chi connectivity index (χ4n) is 3.37. The molecule has 7 heteroatoms. The van der Waals surface area contributed by atoms with Crippen LogP contribution in [0.25, 0.3) is 6.08 Å². The van der Waals surface area contributed by atoms with E-state index in [0.29, 0.717) is 19.1 Å². The van der Waals surface area contributed by atoms with Crippen LogP contribution in [0.2, 0.25) is 0 Å². The molecule has 1 aliphatic rings. The van der Waals surface area contributed by atoms with Crippen LogP contribution in [0.4, 0.5) is 0 Å². The monoisotopic (exact) mass is 428 g/mol. The van der Waals surface area contributed by atoms with Crippen molar-refractivity contribution in [2.24, 2.45) is 5.92 Å². The van der Waals surface area contributed by atoms with Gasteiger partial charge in [0.1, 0.15) is 5.75 Å². The molecule has 1 heterocycles. The number of nitrogens with zero attached hydrogens (tertiary/aromatic N) is 2. The number of carbonyl (C=O) groups excluding carboxylic acids is 1. The second-order valence-electron chi connectivity index (χ2n) is 7.61. The molecule has 2 aromatic rings. The smallest absolute Gasteiger partial charge is 0.246 e. The van der Waals surface area contributed by atoms with Gasteiger partial charge in [-0.2, -0.15) is 0 Å². The molecule has 160 valence electrons. The third-order valence-electron chi connectivity index (χ3n) is 5.14. The van der Waals surface area contributed by atoms with Crippen LogP contribution in [0.3, 0.4) is 0 Å². The Morgan fingerprint density at radius 1 is 1.13 bits per heavy atom. The number of sulfonamides is 1. The minimum Gasteiger partial charge on any atom is -0.493 e. The van der Waals surface area contributed by atoms with Gasteiger partial charge in [-0.3, -0.25) is 4.79 Å². The van der Waals surface area contributed by atoms with Crippen molar-refractivity contribution in [3.63, 3.8) is 0 Å². The van der Waals surface area contributed by atoms with E-state index in [1.54, 1.807) is 36.4 Å². The lowest BCUT2D eigenvalue weighted by Crippen LogP contribution is -2.40. The lowest BCUT2D eigenvalue weighted by Gasteiger charge is -2.32. The van der Waals surface area contributed by atoms with Crippen molar-refractivity contribution in [2.45, 2.75) is 17.7 Å². The molecular weight excluding hydrogens is 400 g/mol. The minimum absolute atomic E-state index is 0.0376. The van der Waals surface area contributed by atoms with Crippen LogP contribution >= 0.6 is 0 Å². The van der Waals surface area contributed by atoms with Crippen molar-refractivity contribution in [1.82, 2.24) is 9.21 Å². The first-order valence-corrected chi connectivity index (χ1v) is 11.5. The van der Waals surface area contributed by atoms with E-state index in [2.05, 4.69) is 0 Å². The van der Waals surface area contributed by atoms with Crippen LogP contribution in [0.1, 0.15) is 18.4 Å². The summed E-state index contributed by atoms with van der Waals surface area (Å²) in [6.07, 6.45) is 5.27. The quantitative estimate of drug-likeness (QED) is 0.635. The molecule has 0 saturated carbocycles. The summed E-state index contributed by atoms with van der Waals surface area (Å²) in [4.78, 5) is 14.7. The lowest BCUT2D eigenvalue weighted by molar-refractivity contribution is -0.127. The van der Waals surface area contributed by atoms with E-state index in [1.165, 1.54) is 18.4 Å². The van der Waals surface area contributed by atoms with Crippen molar-refractivity contribution >= 4 is 22.0 Å². The Bertz CT molecular complexity index is 970. The summed E-state index contributed by atoms with van der Waals surface area (Å²) in [6.45, 7) is 2.01. The molecule has 0 radical (unpaired) electrons. The van der Waals surface area contributed by atoms with E-state index in [0.717, 1.165) is 30.7 Å². The van der Waals surface area contributed by atoms with Gasteiger partial charge in [0.15, 0.2) is 0 Å². The summed E-state index contributed by atoms with van der Waals surface area (Å²) in [6, 6.07) is 16.2. The number of hydrogen-bond donors (Lipinski definition) is 0. The number of hydrogen-bond acceptors (Lipinski definition) is 4. The maximum Gasteiger partial charge on any atom is 0.246 e. The topological polar surface area (TPSA) is 66.9 Å². The van der Waals surface area contributed by atoms with Crippen molar-refractivity contribution in [2.75, 3.05) is 33.8 Å². The molecule has 2 aromatic carbocycles. The van der Waals surface area contributed by atoms with E-state index in [-0.39, 0.29) is 10.8 Å². The summed E-state index contributed by atoms with van der Waals surface area (Å²) >= 11 is 0. The first kappa shape index (κ1) is 22.1. The summed E-state index contributed by atoms with van der Waals surface area (Å²) in [7, 11) is -0.454. The minimum atomic E-state index is -3.45. The molecule has 3 rings (SSSR count). The van der Waals surface area contributed by atoms with Gasteiger partial charge >= 0.3 is 0 Å². The third-order valence-corrected chi connectivity index (χ3v) is 6.97. The molecule has 1 unspecified atom stereocenters. The number of piperidine rings is 1. The molecule has 1 amide bonds. The number of amides is 1. The number of rotatable bonds is 7. The van der Waals surface area contributed by atoms with Gasteiger partial charge in [0.25, 0.3) is 0 Å². The zero-order chi connectivity index (χ0) is 21.6. The number of benzene rings is 2. The van der Waals surface area contributed by atoms with Gasteiger partial charge in [0.2, 0.25) is 15.9 Å². The van der Waals surface area contributed by atoms with Crippen molar-refractivity contribution in [1.29, 1.82) is 0 Å². The largest absolute Gasteiger partial charge is 0.493 e. The Morgan fingerprint density at radius 3 is 2.50 bits per heavy atom. The first-order valence-electron chi connectivity index (χ1n) is 10.0. The van der Waals surface area contributed by atoms with E-state index in [9.17, 15) is 13.2 Å². The maximum atomic E-state index is 12.6. The Balaban J connectivity index is 1.55. The van der Waals surface area contributed by atoms with Gasteiger partial charge in [-0.15, -0.1) is 0 Å². The number of para-hydroxylation sites is 1. The van der Waals surface area contributed by atoms with E-state index in [1.807, 2.05) is 35.2 Å². The number of ether oxygens (including phenoxy) is 1. The van der Waals surface area contributed by atoms with Gasteiger partial charge in [0.05, 0.1) is 11.5 Å². The molecule has 6 nitrogen and oxygen atoms in total. The molecule has 1 fully saturated rings.